The lowest BCUT2D eigenvalue weighted by molar-refractivity contribution is 0.461. The Morgan fingerprint density at radius 3 is 2.64 bits per heavy atom. The number of nitrogens with zero attached hydrogens (tertiary/aromatic N) is 2. The summed E-state index contributed by atoms with van der Waals surface area (Å²) in [4.78, 5) is 4.78. The average molecular weight is 337 g/mol. The third kappa shape index (κ3) is 3.01. The van der Waals surface area contributed by atoms with E-state index in [-0.39, 0.29) is 5.82 Å². The highest BCUT2D eigenvalue weighted by atomic mass is 19.1. The van der Waals surface area contributed by atoms with Crippen molar-refractivity contribution in [1.82, 2.24) is 9.38 Å². The minimum Gasteiger partial charge on any atom is -0.367 e. The van der Waals surface area contributed by atoms with Gasteiger partial charge in [-0.2, -0.15) is 0 Å². The second-order valence-corrected chi connectivity index (χ2v) is 6.83. The summed E-state index contributed by atoms with van der Waals surface area (Å²) < 4.78 is 16.6. The van der Waals surface area contributed by atoms with E-state index in [9.17, 15) is 4.39 Å². The van der Waals surface area contributed by atoms with Gasteiger partial charge in [-0.25, -0.2) is 9.37 Å². The van der Waals surface area contributed by atoms with E-state index in [1.54, 1.807) is 6.07 Å². The molecule has 0 aliphatic heterocycles. The molecule has 0 amide bonds. The van der Waals surface area contributed by atoms with Crippen molar-refractivity contribution in [1.29, 1.82) is 0 Å². The first-order valence-corrected chi connectivity index (χ1v) is 9.29. The van der Waals surface area contributed by atoms with Gasteiger partial charge in [0.15, 0.2) is 0 Å². The van der Waals surface area contributed by atoms with Gasteiger partial charge >= 0.3 is 0 Å². The summed E-state index contributed by atoms with van der Waals surface area (Å²) in [6, 6.07) is 13.5. The molecular formula is C21H24FN3. The van der Waals surface area contributed by atoms with Gasteiger partial charge in [-0.05, 0) is 43.5 Å². The number of fused-ring (bicyclic) bond motifs is 1. The number of benzene rings is 1. The zero-order valence-electron chi connectivity index (χ0n) is 14.6. The summed E-state index contributed by atoms with van der Waals surface area (Å²) in [5.74, 6) is 0.708. The first-order valence-electron chi connectivity index (χ1n) is 9.29. The molecule has 1 aromatic carbocycles. The van der Waals surface area contributed by atoms with Gasteiger partial charge < -0.3 is 5.32 Å². The van der Waals surface area contributed by atoms with E-state index in [4.69, 9.17) is 4.98 Å². The quantitative estimate of drug-likeness (QED) is 0.686. The van der Waals surface area contributed by atoms with Gasteiger partial charge in [0.25, 0.3) is 0 Å². The molecule has 4 heteroatoms. The van der Waals surface area contributed by atoms with Gasteiger partial charge in [0.1, 0.15) is 23.0 Å². The Morgan fingerprint density at radius 2 is 1.88 bits per heavy atom. The van der Waals surface area contributed by atoms with Gasteiger partial charge in [-0.15, -0.1) is 0 Å². The van der Waals surface area contributed by atoms with Crippen molar-refractivity contribution >= 4 is 11.5 Å². The number of hydrogen-bond acceptors (Lipinski definition) is 2. The summed E-state index contributed by atoms with van der Waals surface area (Å²) in [5, 5.41) is 3.71. The number of rotatable bonds is 4. The smallest absolute Gasteiger partial charge is 0.139 e. The molecule has 2 aromatic heterocycles. The Hall–Kier alpha value is -2.36. The number of imidazole rings is 1. The Labute approximate surface area is 147 Å². The van der Waals surface area contributed by atoms with E-state index in [0.717, 1.165) is 30.7 Å². The SMILES string of the molecule is CCc1cccc2nc(-c3ccccc3F)c(NC3CCCCC3)n12. The van der Waals surface area contributed by atoms with E-state index in [2.05, 4.69) is 22.7 Å². The first-order chi connectivity index (χ1) is 12.3. The molecule has 130 valence electrons. The molecule has 0 atom stereocenters. The highest BCUT2D eigenvalue weighted by molar-refractivity contribution is 5.77. The summed E-state index contributed by atoms with van der Waals surface area (Å²) in [6.45, 7) is 2.14. The van der Waals surface area contributed by atoms with Crippen LogP contribution in [0.5, 0.6) is 0 Å². The predicted molar refractivity (Wildman–Crippen MR) is 100 cm³/mol. The Morgan fingerprint density at radius 1 is 1.08 bits per heavy atom. The van der Waals surface area contributed by atoms with Crippen LogP contribution in [0, 0.1) is 5.82 Å². The molecule has 1 aliphatic rings. The highest BCUT2D eigenvalue weighted by Gasteiger charge is 2.22. The maximum absolute atomic E-state index is 14.5. The van der Waals surface area contributed by atoms with Gasteiger partial charge in [-0.3, -0.25) is 4.40 Å². The number of halogens is 1. The molecule has 25 heavy (non-hydrogen) atoms. The summed E-state index contributed by atoms with van der Waals surface area (Å²) >= 11 is 0. The van der Waals surface area contributed by atoms with Crippen molar-refractivity contribution < 1.29 is 4.39 Å². The van der Waals surface area contributed by atoms with E-state index in [1.165, 1.54) is 31.0 Å². The number of pyridine rings is 1. The van der Waals surface area contributed by atoms with Gasteiger partial charge in [0.2, 0.25) is 0 Å². The highest BCUT2D eigenvalue weighted by Crippen LogP contribution is 2.33. The van der Waals surface area contributed by atoms with Crippen molar-refractivity contribution in [2.45, 2.75) is 51.5 Å². The maximum atomic E-state index is 14.5. The lowest BCUT2D eigenvalue weighted by atomic mass is 9.95. The second kappa shape index (κ2) is 6.87. The van der Waals surface area contributed by atoms with Gasteiger partial charge in [0, 0.05) is 17.3 Å². The molecule has 0 bridgehead atoms. The molecule has 1 saturated carbocycles. The van der Waals surface area contributed by atoms with Crippen LogP contribution in [0.4, 0.5) is 10.2 Å². The molecule has 0 radical (unpaired) electrons. The standard InChI is InChI=1S/C21H24FN3/c1-2-16-11-8-14-19-24-20(17-12-6-7-13-18(17)22)21(25(16)19)23-15-9-4-3-5-10-15/h6-8,11-15,23H,2-5,9-10H2,1H3. The van der Waals surface area contributed by atoms with Crippen LogP contribution in [0.1, 0.15) is 44.7 Å². The van der Waals surface area contributed by atoms with Crippen molar-refractivity contribution in [2.24, 2.45) is 0 Å². The van der Waals surface area contributed by atoms with Crippen LogP contribution in [-0.4, -0.2) is 15.4 Å². The first kappa shape index (κ1) is 16.1. The van der Waals surface area contributed by atoms with Crippen molar-refractivity contribution in [3.05, 3.63) is 54.0 Å². The zero-order valence-corrected chi connectivity index (χ0v) is 14.6. The molecule has 3 nitrogen and oxygen atoms in total. The van der Waals surface area contributed by atoms with E-state index < -0.39 is 0 Å². The topological polar surface area (TPSA) is 29.3 Å². The number of nitrogens with one attached hydrogen (secondary N) is 1. The van der Waals surface area contributed by atoms with Crippen LogP contribution in [0.3, 0.4) is 0 Å². The van der Waals surface area contributed by atoms with Crippen LogP contribution in [-0.2, 0) is 6.42 Å². The Kier molecular flexibility index (Phi) is 4.43. The largest absolute Gasteiger partial charge is 0.367 e. The molecule has 0 saturated heterocycles. The van der Waals surface area contributed by atoms with Crippen LogP contribution in [0.2, 0.25) is 0 Å². The third-order valence-electron chi connectivity index (χ3n) is 5.16. The fourth-order valence-corrected chi connectivity index (χ4v) is 3.85. The molecule has 4 rings (SSSR count). The number of aromatic nitrogens is 2. The molecule has 1 fully saturated rings. The van der Waals surface area contributed by atoms with Crippen molar-refractivity contribution in [2.75, 3.05) is 5.32 Å². The zero-order chi connectivity index (χ0) is 17.2. The van der Waals surface area contributed by atoms with Crippen LogP contribution >= 0.6 is 0 Å². The van der Waals surface area contributed by atoms with Crippen LogP contribution in [0.15, 0.2) is 42.5 Å². The number of anilines is 1. The third-order valence-corrected chi connectivity index (χ3v) is 5.16. The molecule has 3 aromatic rings. The monoisotopic (exact) mass is 337 g/mol. The van der Waals surface area contributed by atoms with E-state index >= 15 is 0 Å². The number of hydrogen-bond donors (Lipinski definition) is 1. The van der Waals surface area contributed by atoms with Crippen molar-refractivity contribution in [3.63, 3.8) is 0 Å². The molecule has 1 aliphatic carbocycles. The molecule has 2 heterocycles. The van der Waals surface area contributed by atoms with Crippen LogP contribution in [0.25, 0.3) is 16.9 Å². The second-order valence-electron chi connectivity index (χ2n) is 6.83. The van der Waals surface area contributed by atoms with E-state index in [1.807, 2.05) is 24.3 Å². The fourth-order valence-electron chi connectivity index (χ4n) is 3.85. The lowest BCUT2D eigenvalue weighted by Gasteiger charge is -2.24. The van der Waals surface area contributed by atoms with Gasteiger partial charge in [0.05, 0.1) is 0 Å². The maximum Gasteiger partial charge on any atom is 0.139 e. The predicted octanol–water partition coefficient (Wildman–Crippen LogP) is 5.45. The molecule has 0 spiro atoms. The molecule has 1 N–H and O–H groups in total. The Balaban J connectivity index is 1.89. The molecular weight excluding hydrogens is 313 g/mol. The lowest BCUT2D eigenvalue weighted by Crippen LogP contribution is -2.23. The minimum absolute atomic E-state index is 0.226. The normalized spacial score (nSPS) is 15.6. The summed E-state index contributed by atoms with van der Waals surface area (Å²) in [6.07, 6.45) is 7.06. The molecule has 0 unspecified atom stereocenters. The fraction of sp³-hybridized carbons (Fsp3) is 0.381. The van der Waals surface area contributed by atoms with Gasteiger partial charge in [-0.1, -0.05) is 44.4 Å². The summed E-state index contributed by atoms with van der Waals surface area (Å²) in [7, 11) is 0. The van der Waals surface area contributed by atoms with Crippen LogP contribution < -0.4 is 5.32 Å². The Bertz CT molecular complexity index is 878. The minimum atomic E-state index is -0.226. The summed E-state index contributed by atoms with van der Waals surface area (Å²) in [5.41, 5.74) is 3.33. The average Bonchev–Trinajstić information content (AvgIpc) is 3.01. The van der Waals surface area contributed by atoms with E-state index in [0.29, 0.717) is 17.3 Å². The van der Waals surface area contributed by atoms with Crippen molar-refractivity contribution in [3.8, 4) is 11.3 Å². The number of aryl methyl sites for hydroxylation is 1.